The Kier molecular flexibility index (Phi) is 3.57. The molecule has 1 saturated carbocycles. The minimum Gasteiger partial charge on any atom is -0.380 e. The summed E-state index contributed by atoms with van der Waals surface area (Å²) in [6.45, 7) is 1.73. The lowest BCUT2D eigenvalue weighted by molar-refractivity contribution is 0.107. The fraction of sp³-hybridized carbons (Fsp3) is 0.500. The average molecular weight is 338 g/mol. The number of hydrogen-bond donors (Lipinski definition) is 1. The standard InChI is InChI=1S/C18H22N6O/c1-25-14-9-15(18-20-17(21-22-18)12-5-6-12)23(11-14)10-13-3-2-4-16-19-7-8-24(13)16/h2-4,7-8,12,14-15H,5-6,9-11H2,1H3,(H,20,21,22)/t14-,15+/m1/s1. The molecular formula is C18H22N6O. The lowest BCUT2D eigenvalue weighted by Crippen LogP contribution is -2.26. The van der Waals surface area contributed by atoms with Crippen LogP contribution in [0.15, 0.2) is 30.6 Å². The van der Waals surface area contributed by atoms with Crippen LogP contribution in [0.5, 0.6) is 0 Å². The molecule has 2 atom stereocenters. The molecule has 7 heteroatoms. The Morgan fingerprint density at radius 2 is 2.24 bits per heavy atom. The van der Waals surface area contributed by atoms with Crippen LogP contribution in [0.1, 0.15) is 48.6 Å². The molecule has 1 saturated heterocycles. The van der Waals surface area contributed by atoms with Gasteiger partial charge in [-0.3, -0.25) is 10.00 Å². The summed E-state index contributed by atoms with van der Waals surface area (Å²) < 4.78 is 7.79. The third-order valence-corrected chi connectivity index (χ3v) is 5.35. The average Bonchev–Trinajstić information content (AvgIpc) is 3.03. The second-order valence-electron chi connectivity index (χ2n) is 7.06. The number of aromatic amines is 1. The molecule has 0 unspecified atom stereocenters. The zero-order valence-corrected chi connectivity index (χ0v) is 14.3. The van der Waals surface area contributed by atoms with Gasteiger partial charge in [-0.25, -0.2) is 9.97 Å². The highest BCUT2D eigenvalue weighted by Crippen LogP contribution is 2.39. The number of rotatable bonds is 5. The molecular weight excluding hydrogens is 316 g/mol. The van der Waals surface area contributed by atoms with Crippen molar-refractivity contribution in [2.45, 2.75) is 43.9 Å². The van der Waals surface area contributed by atoms with Crippen molar-refractivity contribution in [2.24, 2.45) is 0 Å². The van der Waals surface area contributed by atoms with E-state index in [1.165, 1.54) is 18.5 Å². The van der Waals surface area contributed by atoms with Crippen LogP contribution in [-0.4, -0.2) is 49.2 Å². The Hall–Kier alpha value is -2.25. The highest BCUT2D eigenvalue weighted by Gasteiger charge is 2.37. The van der Waals surface area contributed by atoms with Gasteiger partial charge in [0, 0.05) is 44.2 Å². The number of ether oxygens (including phenoxy) is 1. The minimum absolute atomic E-state index is 0.212. The van der Waals surface area contributed by atoms with Crippen molar-refractivity contribution in [1.82, 2.24) is 29.5 Å². The lowest BCUT2D eigenvalue weighted by atomic mass is 10.2. The van der Waals surface area contributed by atoms with Crippen molar-refractivity contribution < 1.29 is 4.74 Å². The van der Waals surface area contributed by atoms with E-state index < -0.39 is 0 Å². The number of methoxy groups -OCH3 is 1. The molecule has 2 aliphatic rings. The van der Waals surface area contributed by atoms with Gasteiger partial charge in [-0.1, -0.05) is 6.07 Å². The van der Waals surface area contributed by atoms with Crippen molar-refractivity contribution in [3.8, 4) is 0 Å². The molecule has 7 nitrogen and oxygen atoms in total. The van der Waals surface area contributed by atoms with Crippen LogP contribution >= 0.6 is 0 Å². The van der Waals surface area contributed by atoms with Gasteiger partial charge in [-0.2, -0.15) is 5.10 Å². The van der Waals surface area contributed by atoms with Crippen molar-refractivity contribution >= 4 is 5.65 Å². The SMILES string of the molecule is CO[C@@H]1C[C@@H](c2nc(C3CC3)n[nH]2)N(Cc2cccc3nccn23)C1. The van der Waals surface area contributed by atoms with Gasteiger partial charge in [-0.05, 0) is 31.4 Å². The molecule has 0 amide bonds. The number of pyridine rings is 1. The van der Waals surface area contributed by atoms with Gasteiger partial charge in [0.2, 0.25) is 0 Å². The molecule has 4 heterocycles. The first kappa shape index (κ1) is 15.0. The molecule has 1 aliphatic heterocycles. The summed E-state index contributed by atoms with van der Waals surface area (Å²) in [5.41, 5.74) is 2.20. The summed E-state index contributed by atoms with van der Waals surface area (Å²) in [6.07, 6.45) is 7.46. The first-order valence-electron chi connectivity index (χ1n) is 8.92. The second-order valence-corrected chi connectivity index (χ2v) is 7.06. The van der Waals surface area contributed by atoms with Gasteiger partial charge in [0.15, 0.2) is 5.82 Å². The molecule has 3 aromatic heterocycles. The van der Waals surface area contributed by atoms with E-state index in [0.29, 0.717) is 5.92 Å². The van der Waals surface area contributed by atoms with Gasteiger partial charge in [0.1, 0.15) is 11.5 Å². The molecule has 0 bridgehead atoms. The van der Waals surface area contributed by atoms with E-state index in [9.17, 15) is 0 Å². The molecule has 5 rings (SSSR count). The first-order chi connectivity index (χ1) is 12.3. The number of likely N-dealkylation sites (tertiary alicyclic amines) is 1. The zero-order valence-electron chi connectivity index (χ0n) is 14.3. The van der Waals surface area contributed by atoms with Gasteiger partial charge in [0.05, 0.1) is 12.1 Å². The molecule has 3 aromatic rings. The van der Waals surface area contributed by atoms with E-state index in [1.807, 2.05) is 18.5 Å². The summed E-state index contributed by atoms with van der Waals surface area (Å²) in [7, 11) is 1.79. The predicted octanol–water partition coefficient (Wildman–Crippen LogP) is 2.29. The zero-order chi connectivity index (χ0) is 16.8. The third kappa shape index (κ3) is 2.73. The smallest absolute Gasteiger partial charge is 0.153 e. The highest BCUT2D eigenvalue weighted by atomic mass is 16.5. The van der Waals surface area contributed by atoms with E-state index in [0.717, 1.165) is 36.8 Å². The molecule has 1 aliphatic carbocycles. The van der Waals surface area contributed by atoms with Crippen LogP contribution in [0.3, 0.4) is 0 Å². The molecule has 25 heavy (non-hydrogen) atoms. The Labute approximate surface area is 146 Å². The Bertz CT molecular complexity index is 882. The van der Waals surface area contributed by atoms with Crippen LogP contribution < -0.4 is 0 Å². The Morgan fingerprint density at radius 1 is 1.32 bits per heavy atom. The van der Waals surface area contributed by atoms with Gasteiger partial charge >= 0.3 is 0 Å². The van der Waals surface area contributed by atoms with Crippen LogP contribution in [0, 0.1) is 0 Å². The molecule has 2 fully saturated rings. The van der Waals surface area contributed by atoms with Crippen molar-refractivity contribution in [1.29, 1.82) is 0 Å². The summed E-state index contributed by atoms with van der Waals surface area (Å²) >= 11 is 0. The van der Waals surface area contributed by atoms with Gasteiger partial charge in [-0.15, -0.1) is 0 Å². The van der Waals surface area contributed by atoms with Crippen molar-refractivity contribution in [2.75, 3.05) is 13.7 Å². The first-order valence-corrected chi connectivity index (χ1v) is 8.92. The normalized spacial score (nSPS) is 24.4. The maximum Gasteiger partial charge on any atom is 0.153 e. The van der Waals surface area contributed by atoms with E-state index in [-0.39, 0.29) is 12.1 Å². The lowest BCUT2D eigenvalue weighted by Gasteiger charge is -2.22. The van der Waals surface area contributed by atoms with E-state index >= 15 is 0 Å². The minimum atomic E-state index is 0.212. The molecule has 0 radical (unpaired) electrons. The van der Waals surface area contributed by atoms with E-state index in [2.05, 4.69) is 36.6 Å². The fourth-order valence-corrected chi connectivity index (χ4v) is 3.80. The summed E-state index contributed by atoms with van der Waals surface area (Å²) in [5.74, 6) is 2.52. The number of imidazole rings is 1. The largest absolute Gasteiger partial charge is 0.380 e. The number of nitrogens with one attached hydrogen (secondary N) is 1. The predicted molar refractivity (Wildman–Crippen MR) is 92.1 cm³/mol. The quantitative estimate of drug-likeness (QED) is 0.773. The number of nitrogens with zero attached hydrogens (tertiary/aromatic N) is 5. The second kappa shape index (κ2) is 5.93. The topological polar surface area (TPSA) is 71.3 Å². The van der Waals surface area contributed by atoms with Crippen LogP contribution in [0.4, 0.5) is 0 Å². The molecule has 0 aromatic carbocycles. The molecule has 1 N–H and O–H groups in total. The van der Waals surface area contributed by atoms with E-state index in [4.69, 9.17) is 9.72 Å². The molecule has 0 spiro atoms. The number of aromatic nitrogens is 5. The van der Waals surface area contributed by atoms with Crippen molar-refractivity contribution in [3.05, 3.63) is 47.9 Å². The number of fused-ring (bicyclic) bond motifs is 1. The van der Waals surface area contributed by atoms with Crippen LogP contribution in [0.25, 0.3) is 5.65 Å². The van der Waals surface area contributed by atoms with Gasteiger partial charge in [0.25, 0.3) is 0 Å². The Balaban J connectivity index is 1.43. The van der Waals surface area contributed by atoms with Crippen LogP contribution in [-0.2, 0) is 11.3 Å². The number of hydrogen-bond acceptors (Lipinski definition) is 5. The van der Waals surface area contributed by atoms with Crippen molar-refractivity contribution in [3.63, 3.8) is 0 Å². The Morgan fingerprint density at radius 3 is 3.08 bits per heavy atom. The molecule has 130 valence electrons. The monoisotopic (exact) mass is 338 g/mol. The maximum atomic E-state index is 5.65. The summed E-state index contributed by atoms with van der Waals surface area (Å²) in [6, 6.07) is 6.46. The van der Waals surface area contributed by atoms with E-state index in [1.54, 1.807) is 7.11 Å². The van der Waals surface area contributed by atoms with Gasteiger partial charge < -0.3 is 9.14 Å². The number of H-pyrrole nitrogens is 1. The fourth-order valence-electron chi connectivity index (χ4n) is 3.80. The highest BCUT2D eigenvalue weighted by molar-refractivity contribution is 5.39. The maximum absolute atomic E-state index is 5.65. The summed E-state index contributed by atoms with van der Waals surface area (Å²) in [5, 5.41) is 7.62. The van der Waals surface area contributed by atoms with Crippen LogP contribution in [0.2, 0.25) is 0 Å². The third-order valence-electron chi connectivity index (χ3n) is 5.35. The summed E-state index contributed by atoms with van der Waals surface area (Å²) in [4.78, 5) is 11.6.